The van der Waals surface area contributed by atoms with E-state index in [1.54, 1.807) is 5.56 Å². The van der Waals surface area contributed by atoms with Gasteiger partial charge in [-0.1, -0.05) is 49.5 Å². The number of nitrogens with two attached hydrogens (primary N) is 1. The number of hydrogen-bond acceptors (Lipinski definition) is 3. The minimum Gasteiger partial charge on any atom is -0.376 e. The quantitative estimate of drug-likeness (QED) is 0.285. The van der Waals surface area contributed by atoms with E-state index >= 15 is 0 Å². The third-order valence-corrected chi connectivity index (χ3v) is 10.8. The second-order valence-corrected chi connectivity index (χ2v) is 12.8. The van der Waals surface area contributed by atoms with E-state index in [9.17, 15) is 0 Å². The third kappa shape index (κ3) is 4.84. The molecule has 4 bridgehead atoms. The molecule has 0 saturated heterocycles. The SMILES string of the molecule is CCCNCCCC1C2CC3(C(=S)NC4CCC(CN)CC4)CC1CC(c1ccccc1)(C2)C3. The van der Waals surface area contributed by atoms with Gasteiger partial charge in [-0.25, -0.2) is 0 Å². The van der Waals surface area contributed by atoms with Gasteiger partial charge < -0.3 is 16.4 Å². The molecule has 6 rings (SSSR count). The molecule has 0 aliphatic heterocycles. The maximum Gasteiger partial charge on any atom is 0.0818 e. The predicted octanol–water partition coefficient (Wildman–Crippen LogP) is 5.97. The van der Waals surface area contributed by atoms with Gasteiger partial charge in [-0.15, -0.1) is 0 Å². The fourth-order valence-corrected chi connectivity index (χ4v) is 9.16. The molecule has 5 aliphatic rings. The molecule has 4 N–H and O–H groups in total. The Balaban J connectivity index is 1.32. The fourth-order valence-electron chi connectivity index (χ4n) is 8.76. The highest BCUT2D eigenvalue weighted by Gasteiger charge is 2.62. The summed E-state index contributed by atoms with van der Waals surface area (Å²) in [6, 6.07) is 12.1. The Morgan fingerprint density at radius 1 is 1.00 bits per heavy atom. The van der Waals surface area contributed by atoms with Gasteiger partial charge in [0.05, 0.1) is 4.99 Å². The summed E-state index contributed by atoms with van der Waals surface area (Å²) in [6.45, 7) is 5.45. The smallest absolute Gasteiger partial charge is 0.0818 e. The van der Waals surface area contributed by atoms with Crippen LogP contribution in [0, 0.1) is 29.1 Å². The highest BCUT2D eigenvalue weighted by Crippen LogP contribution is 2.68. The topological polar surface area (TPSA) is 50.1 Å². The van der Waals surface area contributed by atoms with Crippen LogP contribution in [0.25, 0.3) is 0 Å². The Labute approximate surface area is 213 Å². The molecule has 34 heavy (non-hydrogen) atoms. The van der Waals surface area contributed by atoms with Gasteiger partial charge in [0, 0.05) is 11.5 Å². The predicted molar refractivity (Wildman–Crippen MR) is 147 cm³/mol. The van der Waals surface area contributed by atoms with Crippen LogP contribution in [0.1, 0.15) is 89.5 Å². The number of hydrogen-bond donors (Lipinski definition) is 3. The summed E-state index contributed by atoms with van der Waals surface area (Å²) in [4.78, 5) is 1.22. The molecular weight excluding hydrogens is 434 g/mol. The zero-order valence-electron chi connectivity index (χ0n) is 21.4. The van der Waals surface area contributed by atoms with Crippen LogP contribution in [0.2, 0.25) is 0 Å². The van der Waals surface area contributed by atoms with Crippen LogP contribution in [0.4, 0.5) is 0 Å². The maximum atomic E-state index is 6.31. The summed E-state index contributed by atoms with van der Waals surface area (Å²) < 4.78 is 0. The first kappa shape index (κ1) is 24.7. The molecule has 0 amide bonds. The standard InChI is InChI=1S/C30H47N3S/c1-2-14-32-15-6-9-27-23-16-29(25-7-4-3-5-8-25)17-24(27)19-30(18-23,21-29)28(34)33-26-12-10-22(20-31)11-13-26/h3-5,7-8,22-24,26-27,32H,2,6,9-21,31H2,1H3,(H,33,34). The molecule has 3 nitrogen and oxygen atoms in total. The van der Waals surface area contributed by atoms with Crippen LogP contribution in [0.3, 0.4) is 0 Å². The highest BCUT2D eigenvalue weighted by atomic mass is 32.1. The Kier molecular flexibility index (Phi) is 7.68. The molecule has 1 aromatic rings. The van der Waals surface area contributed by atoms with Crippen molar-refractivity contribution in [2.75, 3.05) is 19.6 Å². The molecule has 5 fully saturated rings. The van der Waals surface area contributed by atoms with Crippen molar-refractivity contribution < 1.29 is 0 Å². The van der Waals surface area contributed by atoms with E-state index in [0.717, 1.165) is 36.8 Å². The van der Waals surface area contributed by atoms with Crippen molar-refractivity contribution in [1.82, 2.24) is 10.6 Å². The number of thiocarbonyl (C=S) groups is 1. The van der Waals surface area contributed by atoms with Crippen molar-refractivity contribution >= 4 is 17.2 Å². The van der Waals surface area contributed by atoms with E-state index in [-0.39, 0.29) is 5.41 Å². The monoisotopic (exact) mass is 481 g/mol. The summed E-state index contributed by atoms with van der Waals surface area (Å²) in [5.41, 5.74) is 8.09. The van der Waals surface area contributed by atoms with Crippen molar-refractivity contribution in [3.8, 4) is 0 Å². The van der Waals surface area contributed by atoms with Crippen molar-refractivity contribution in [2.45, 2.75) is 95.4 Å². The minimum atomic E-state index is 0.221. The van der Waals surface area contributed by atoms with Crippen LogP contribution < -0.4 is 16.4 Å². The lowest BCUT2D eigenvalue weighted by Crippen LogP contribution is -2.62. The molecule has 5 saturated carbocycles. The summed E-state index contributed by atoms with van der Waals surface area (Å²) in [7, 11) is 0. The summed E-state index contributed by atoms with van der Waals surface area (Å²) in [5.74, 6) is 3.29. The van der Waals surface area contributed by atoms with Crippen LogP contribution >= 0.6 is 12.2 Å². The van der Waals surface area contributed by atoms with Gasteiger partial charge in [0.25, 0.3) is 0 Å². The number of rotatable bonds is 10. The van der Waals surface area contributed by atoms with Crippen molar-refractivity contribution in [3.63, 3.8) is 0 Å². The minimum absolute atomic E-state index is 0.221. The molecule has 1 aromatic carbocycles. The first-order chi connectivity index (χ1) is 16.6. The van der Waals surface area contributed by atoms with E-state index in [2.05, 4.69) is 47.9 Å². The largest absolute Gasteiger partial charge is 0.376 e. The zero-order valence-corrected chi connectivity index (χ0v) is 22.2. The van der Waals surface area contributed by atoms with Gasteiger partial charge in [-0.05, 0) is 131 Å². The zero-order chi connectivity index (χ0) is 23.6. The second-order valence-electron chi connectivity index (χ2n) is 12.4. The van der Waals surface area contributed by atoms with Crippen LogP contribution in [0.5, 0.6) is 0 Å². The molecule has 2 unspecified atom stereocenters. The lowest BCUT2D eigenvalue weighted by Gasteiger charge is -2.65. The molecule has 0 heterocycles. The Hall–Kier alpha value is -0.970. The van der Waals surface area contributed by atoms with Crippen molar-refractivity contribution in [1.29, 1.82) is 0 Å². The molecular formula is C30H47N3S. The maximum absolute atomic E-state index is 6.31. The van der Waals surface area contributed by atoms with Gasteiger partial charge in [-0.2, -0.15) is 0 Å². The van der Waals surface area contributed by atoms with Gasteiger partial charge in [-0.3, -0.25) is 0 Å². The van der Waals surface area contributed by atoms with Crippen LogP contribution in [-0.2, 0) is 5.41 Å². The van der Waals surface area contributed by atoms with Crippen LogP contribution in [-0.4, -0.2) is 30.7 Å². The Morgan fingerprint density at radius 3 is 2.35 bits per heavy atom. The first-order valence-electron chi connectivity index (χ1n) is 14.3. The molecule has 4 heteroatoms. The first-order valence-corrected chi connectivity index (χ1v) is 14.8. The Bertz CT molecular complexity index is 800. The van der Waals surface area contributed by atoms with E-state index in [0.29, 0.717) is 11.5 Å². The summed E-state index contributed by atoms with van der Waals surface area (Å²) >= 11 is 6.31. The van der Waals surface area contributed by atoms with E-state index in [1.807, 2.05) is 0 Å². The molecule has 2 atom stereocenters. The van der Waals surface area contributed by atoms with Gasteiger partial charge >= 0.3 is 0 Å². The third-order valence-electron chi connectivity index (χ3n) is 10.2. The van der Waals surface area contributed by atoms with E-state index in [4.69, 9.17) is 18.0 Å². The molecule has 0 radical (unpaired) electrons. The van der Waals surface area contributed by atoms with E-state index < -0.39 is 0 Å². The lowest BCUT2D eigenvalue weighted by molar-refractivity contribution is -0.0842. The average Bonchev–Trinajstić information content (AvgIpc) is 2.86. The highest BCUT2D eigenvalue weighted by molar-refractivity contribution is 7.80. The fraction of sp³-hybridized carbons (Fsp3) is 0.767. The van der Waals surface area contributed by atoms with Crippen molar-refractivity contribution in [2.24, 2.45) is 34.8 Å². The van der Waals surface area contributed by atoms with Gasteiger partial charge in [0.2, 0.25) is 0 Å². The van der Waals surface area contributed by atoms with Crippen molar-refractivity contribution in [3.05, 3.63) is 35.9 Å². The number of nitrogens with one attached hydrogen (secondary N) is 2. The summed E-state index contributed by atoms with van der Waals surface area (Å²) in [5, 5.41) is 7.58. The second kappa shape index (κ2) is 10.6. The number of benzene rings is 1. The summed E-state index contributed by atoms with van der Waals surface area (Å²) in [6.07, 6.45) is 15.6. The molecule has 0 spiro atoms. The molecule has 0 aromatic heterocycles. The van der Waals surface area contributed by atoms with E-state index in [1.165, 1.54) is 88.6 Å². The van der Waals surface area contributed by atoms with Crippen LogP contribution in [0.15, 0.2) is 30.3 Å². The van der Waals surface area contributed by atoms with Gasteiger partial charge in [0.1, 0.15) is 0 Å². The molecule has 5 aliphatic carbocycles. The van der Waals surface area contributed by atoms with Gasteiger partial charge in [0.15, 0.2) is 0 Å². The average molecular weight is 482 g/mol. The normalized spacial score (nSPS) is 38.7. The Morgan fingerprint density at radius 2 is 1.71 bits per heavy atom. The lowest BCUT2D eigenvalue weighted by atomic mass is 9.40. The molecule has 188 valence electrons.